The SMILES string of the molecule is CCC(C)(CC(C)(C)C(=O)OC1C2CC3CC(C2)CC1C3)C(=O)OCC(F)(F)F. The van der Waals surface area contributed by atoms with Crippen LogP contribution in [0, 0.1) is 34.5 Å². The Morgan fingerprint density at radius 1 is 0.897 bits per heavy atom. The van der Waals surface area contributed by atoms with Crippen LogP contribution in [-0.4, -0.2) is 30.8 Å². The minimum Gasteiger partial charge on any atom is -0.461 e. The van der Waals surface area contributed by atoms with Gasteiger partial charge in [0.25, 0.3) is 0 Å². The maximum absolute atomic E-state index is 13.0. The largest absolute Gasteiger partial charge is 0.461 e. The number of alkyl halides is 3. The topological polar surface area (TPSA) is 52.6 Å². The lowest BCUT2D eigenvalue weighted by Crippen LogP contribution is -2.51. The van der Waals surface area contributed by atoms with Crippen LogP contribution < -0.4 is 0 Å². The van der Waals surface area contributed by atoms with E-state index in [9.17, 15) is 22.8 Å². The van der Waals surface area contributed by atoms with Crippen molar-refractivity contribution >= 4 is 11.9 Å². The first kappa shape index (κ1) is 22.4. The van der Waals surface area contributed by atoms with Gasteiger partial charge in [-0.2, -0.15) is 13.2 Å². The smallest absolute Gasteiger partial charge is 0.422 e. The average molecular weight is 418 g/mol. The molecule has 0 aliphatic heterocycles. The van der Waals surface area contributed by atoms with Gasteiger partial charge in [0.05, 0.1) is 10.8 Å². The number of hydrogen-bond donors (Lipinski definition) is 0. The Kier molecular flexibility index (Phi) is 6.00. The quantitative estimate of drug-likeness (QED) is 0.527. The van der Waals surface area contributed by atoms with Crippen molar-refractivity contribution in [2.75, 3.05) is 6.61 Å². The van der Waals surface area contributed by atoms with Crippen molar-refractivity contribution < 1.29 is 32.2 Å². The normalized spacial score (nSPS) is 33.3. The molecule has 166 valence electrons. The number of carbonyl (C=O) groups is 2. The van der Waals surface area contributed by atoms with Crippen LogP contribution in [0.1, 0.15) is 72.6 Å². The first-order valence-electron chi connectivity index (χ1n) is 10.8. The van der Waals surface area contributed by atoms with Crippen molar-refractivity contribution in [2.24, 2.45) is 34.5 Å². The van der Waals surface area contributed by atoms with Gasteiger partial charge >= 0.3 is 18.1 Å². The molecule has 7 heteroatoms. The molecule has 4 aliphatic carbocycles. The third kappa shape index (κ3) is 4.91. The highest BCUT2D eigenvalue weighted by atomic mass is 19.4. The first-order valence-corrected chi connectivity index (χ1v) is 10.8. The summed E-state index contributed by atoms with van der Waals surface area (Å²) in [5.74, 6) is 1.12. The number of carbonyl (C=O) groups excluding carboxylic acids is 2. The first-order chi connectivity index (χ1) is 13.3. The van der Waals surface area contributed by atoms with Gasteiger partial charge in [-0.15, -0.1) is 0 Å². The minimum atomic E-state index is -4.57. The molecule has 0 aromatic carbocycles. The summed E-state index contributed by atoms with van der Waals surface area (Å²) < 4.78 is 47.8. The molecule has 1 unspecified atom stereocenters. The number of ether oxygens (including phenoxy) is 2. The molecule has 0 spiro atoms. The lowest BCUT2D eigenvalue weighted by Gasteiger charge is -2.53. The van der Waals surface area contributed by atoms with Crippen LogP contribution in [0.25, 0.3) is 0 Å². The van der Waals surface area contributed by atoms with Gasteiger partial charge in [-0.3, -0.25) is 9.59 Å². The van der Waals surface area contributed by atoms with Crippen molar-refractivity contribution in [1.82, 2.24) is 0 Å². The van der Waals surface area contributed by atoms with E-state index in [4.69, 9.17) is 4.74 Å². The van der Waals surface area contributed by atoms with Gasteiger partial charge in [0.2, 0.25) is 0 Å². The average Bonchev–Trinajstić information content (AvgIpc) is 2.60. The molecule has 0 saturated heterocycles. The van der Waals surface area contributed by atoms with Crippen LogP contribution in [0.15, 0.2) is 0 Å². The summed E-state index contributed by atoms with van der Waals surface area (Å²) in [7, 11) is 0. The van der Waals surface area contributed by atoms with E-state index in [1.807, 2.05) is 0 Å². The molecule has 4 saturated carbocycles. The van der Waals surface area contributed by atoms with Gasteiger partial charge < -0.3 is 9.47 Å². The van der Waals surface area contributed by atoms with Gasteiger partial charge in [0, 0.05) is 0 Å². The molecule has 0 amide bonds. The summed E-state index contributed by atoms with van der Waals surface area (Å²) in [6, 6.07) is 0. The molecule has 4 aliphatic rings. The molecule has 29 heavy (non-hydrogen) atoms. The highest BCUT2D eigenvalue weighted by molar-refractivity contribution is 5.80. The predicted molar refractivity (Wildman–Crippen MR) is 101 cm³/mol. The summed E-state index contributed by atoms with van der Waals surface area (Å²) in [5.41, 5.74) is -2.17. The van der Waals surface area contributed by atoms with Gasteiger partial charge in [0.1, 0.15) is 6.10 Å². The molecule has 4 nitrogen and oxygen atoms in total. The minimum absolute atomic E-state index is 0.0559. The standard InChI is InChI=1S/C22H33F3O4/c1-5-21(4,19(27)28-12-22(23,24)25)11-20(2,3)18(26)29-17-15-7-13-6-14(9-15)10-16(17)8-13/h13-17H,5-12H2,1-4H3. The summed E-state index contributed by atoms with van der Waals surface area (Å²) in [6.07, 6.45) is 1.55. The zero-order valence-corrected chi connectivity index (χ0v) is 17.8. The van der Waals surface area contributed by atoms with E-state index in [1.54, 1.807) is 27.7 Å². The van der Waals surface area contributed by atoms with Crippen molar-refractivity contribution in [3.63, 3.8) is 0 Å². The van der Waals surface area contributed by atoms with Crippen LogP contribution in [0.3, 0.4) is 0 Å². The molecule has 4 rings (SSSR count). The summed E-state index contributed by atoms with van der Waals surface area (Å²) in [6.45, 7) is 5.07. The van der Waals surface area contributed by atoms with E-state index < -0.39 is 29.6 Å². The third-order valence-electron chi connectivity index (χ3n) is 7.41. The highest BCUT2D eigenvalue weighted by Crippen LogP contribution is 2.55. The summed E-state index contributed by atoms with van der Waals surface area (Å²) >= 11 is 0. The van der Waals surface area contributed by atoms with Gasteiger partial charge in [-0.1, -0.05) is 6.92 Å². The Labute approximate surface area is 170 Å². The fourth-order valence-electron chi connectivity index (χ4n) is 6.06. The Hall–Kier alpha value is -1.27. The zero-order valence-electron chi connectivity index (χ0n) is 17.8. The Balaban J connectivity index is 1.62. The van der Waals surface area contributed by atoms with E-state index in [0.29, 0.717) is 11.8 Å². The van der Waals surface area contributed by atoms with Crippen LogP contribution in [0.5, 0.6) is 0 Å². The van der Waals surface area contributed by atoms with E-state index in [0.717, 1.165) is 37.5 Å². The Morgan fingerprint density at radius 3 is 1.86 bits per heavy atom. The fourth-order valence-corrected chi connectivity index (χ4v) is 6.06. The second kappa shape index (κ2) is 7.77. The van der Waals surface area contributed by atoms with Crippen molar-refractivity contribution in [1.29, 1.82) is 0 Å². The number of hydrogen-bond acceptors (Lipinski definition) is 4. The summed E-state index contributed by atoms with van der Waals surface area (Å²) in [4.78, 5) is 25.4. The lowest BCUT2D eigenvalue weighted by molar-refractivity contribution is -0.196. The number of esters is 2. The Morgan fingerprint density at radius 2 is 1.41 bits per heavy atom. The predicted octanol–water partition coefficient (Wildman–Crippen LogP) is 5.29. The molecule has 0 aromatic heterocycles. The van der Waals surface area contributed by atoms with Crippen molar-refractivity contribution in [2.45, 2.75) is 84.9 Å². The lowest BCUT2D eigenvalue weighted by atomic mass is 9.55. The monoisotopic (exact) mass is 418 g/mol. The van der Waals surface area contributed by atoms with Crippen LogP contribution in [0.4, 0.5) is 13.2 Å². The molecule has 0 aromatic rings. The number of rotatable bonds is 7. The molecule has 0 radical (unpaired) electrons. The maximum atomic E-state index is 13.0. The van der Waals surface area contributed by atoms with Crippen LogP contribution >= 0.6 is 0 Å². The summed E-state index contributed by atoms with van der Waals surface area (Å²) in [5, 5.41) is 0. The Bertz CT molecular complexity index is 614. The van der Waals surface area contributed by atoms with Crippen LogP contribution in [-0.2, 0) is 19.1 Å². The maximum Gasteiger partial charge on any atom is 0.422 e. The van der Waals surface area contributed by atoms with E-state index in [2.05, 4.69) is 4.74 Å². The van der Waals surface area contributed by atoms with Gasteiger partial charge in [0.15, 0.2) is 6.61 Å². The molecule has 4 bridgehead atoms. The van der Waals surface area contributed by atoms with E-state index >= 15 is 0 Å². The third-order valence-corrected chi connectivity index (χ3v) is 7.41. The van der Waals surface area contributed by atoms with Gasteiger partial charge in [-0.25, -0.2) is 0 Å². The zero-order chi connectivity index (χ0) is 21.6. The molecule has 1 atom stereocenters. The highest BCUT2D eigenvalue weighted by Gasteiger charge is 2.51. The molecule has 0 N–H and O–H groups in total. The van der Waals surface area contributed by atoms with Crippen LogP contribution in [0.2, 0.25) is 0 Å². The molecule has 0 heterocycles. The second-order valence-corrected chi connectivity index (χ2v) is 10.5. The second-order valence-electron chi connectivity index (χ2n) is 10.5. The van der Waals surface area contributed by atoms with Crippen molar-refractivity contribution in [3.05, 3.63) is 0 Å². The number of halogens is 3. The van der Waals surface area contributed by atoms with E-state index in [1.165, 1.54) is 6.42 Å². The molecular weight excluding hydrogens is 385 g/mol. The molecular formula is C22H33F3O4. The fraction of sp³-hybridized carbons (Fsp3) is 0.909. The van der Waals surface area contributed by atoms with Gasteiger partial charge in [-0.05, 0) is 89.4 Å². The van der Waals surface area contributed by atoms with E-state index in [-0.39, 0.29) is 24.9 Å². The molecule has 4 fully saturated rings. The van der Waals surface area contributed by atoms with Crippen molar-refractivity contribution in [3.8, 4) is 0 Å².